The van der Waals surface area contributed by atoms with Gasteiger partial charge >= 0.3 is 0 Å². The molecule has 0 aliphatic rings. The van der Waals surface area contributed by atoms with Gasteiger partial charge in [-0.05, 0) is 12.1 Å². The van der Waals surface area contributed by atoms with Crippen LogP contribution < -0.4 is 4.74 Å². The fraction of sp³-hybridized carbons (Fsp3) is 0.111. The summed E-state index contributed by atoms with van der Waals surface area (Å²) in [7, 11) is 0. The van der Waals surface area contributed by atoms with Gasteiger partial charge < -0.3 is 4.74 Å². The maximum Gasteiger partial charge on any atom is 0.147 e. The number of hydrogen-bond acceptors (Lipinski definition) is 1. The Labute approximate surface area is 81.6 Å². The van der Waals surface area contributed by atoms with Crippen molar-refractivity contribution in [2.45, 2.75) is 0 Å². The Kier molecular flexibility index (Phi) is 3.45. The molecule has 0 spiro atoms. The summed E-state index contributed by atoms with van der Waals surface area (Å²) < 4.78 is 5.18. The number of halogens is 2. The quantitative estimate of drug-likeness (QED) is 0.682. The van der Waals surface area contributed by atoms with Crippen LogP contribution in [0.25, 0.3) is 0 Å². The monoisotopic (exact) mass is 201 g/mol. The SMILES string of the molecule is C=CCOc1[c]ccc(Cl)c1Cl. The third-order valence-corrected chi connectivity index (χ3v) is 1.99. The molecule has 12 heavy (non-hydrogen) atoms. The number of ether oxygens (including phenoxy) is 1. The van der Waals surface area contributed by atoms with Crippen LogP contribution in [-0.4, -0.2) is 6.61 Å². The van der Waals surface area contributed by atoms with Gasteiger partial charge in [-0.3, -0.25) is 0 Å². The Balaban J connectivity index is 2.84. The van der Waals surface area contributed by atoms with Gasteiger partial charge in [-0.15, -0.1) is 0 Å². The van der Waals surface area contributed by atoms with Crippen LogP contribution in [0.1, 0.15) is 0 Å². The Hall–Kier alpha value is -0.660. The molecule has 0 unspecified atom stereocenters. The Morgan fingerprint density at radius 2 is 2.33 bits per heavy atom. The van der Waals surface area contributed by atoms with Gasteiger partial charge in [0, 0.05) is 6.07 Å². The van der Waals surface area contributed by atoms with E-state index in [-0.39, 0.29) is 0 Å². The van der Waals surface area contributed by atoms with E-state index >= 15 is 0 Å². The van der Waals surface area contributed by atoms with Crippen molar-refractivity contribution in [3.8, 4) is 5.75 Å². The number of rotatable bonds is 3. The number of hydrogen-bond donors (Lipinski definition) is 0. The Morgan fingerprint density at radius 1 is 1.58 bits per heavy atom. The van der Waals surface area contributed by atoms with Crippen molar-refractivity contribution < 1.29 is 4.74 Å². The van der Waals surface area contributed by atoms with Gasteiger partial charge in [0.05, 0.1) is 5.02 Å². The predicted molar refractivity (Wildman–Crippen MR) is 51.0 cm³/mol. The lowest BCUT2D eigenvalue weighted by Crippen LogP contribution is -1.93. The van der Waals surface area contributed by atoms with E-state index in [2.05, 4.69) is 12.6 Å². The highest BCUT2D eigenvalue weighted by Crippen LogP contribution is 2.30. The normalized spacial score (nSPS) is 9.50. The minimum atomic E-state index is 0.390. The topological polar surface area (TPSA) is 9.23 Å². The Bertz CT molecular complexity index is 284. The molecule has 0 aromatic heterocycles. The van der Waals surface area contributed by atoms with E-state index in [9.17, 15) is 0 Å². The number of benzene rings is 1. The summed E-state index contributed by atoms with van der Waals surface area (Å²) in [6.07, 6.45) is 1.63. The molecular formula is C9H7Cl2O. The van der Waals surface area contributed by atoms with Gasteiger partial charge in [-0.1, -0.05) is 35.9 Å². The molecular weight excluding hydrogens is 195 g/mol. The van der Waals surface area contributed by atoms with Gasteiger partial charge in [0.25, 0.3) is 0 Å². The highest BCUT2D eigenvalue weighted by molar-refractivity contribution is 6.42. The summed E-state index contributed by atoms with van der Waals surface area (Å²) in [5.74, 6) is 0.462. The smallest absolute Gasteiger partial charge is 0.147 e. The maximum atomic E-state index is 5.81. The van der Waals surface area contributed by atoms with Crippen LogP contribution in [-0.2, 0) is 0 Å². The highest BCUT2D eigenvalue weighted by Gasteiger charge is 2.03. The van der Waals surface area contributed by atoms with Crippen molar-refractivity contribution in [2.75, 3.05) is 6.61 Å². The van der Waals surface area contributed by atoms with Crippen molar-refractivity contribution in [2.24, 2.45) is 0 Å². The molecule has 1 aromatic rings. The molecule has 0 bridgehead atoms. The van der Waals surface area contributed by atoms with Crippen LogP contribution in [0.5, 0.6) is 5.75 Å². The van der Waals surface area contributed by atoms with E-state index in [0.29, 0.717) is 22.4 Å². The third kappa shape index (κ3) is 2.16. The zero-order valence-corrected chi connectivity index (χ0v) is 7.82. The first-order valence-electron chi connectivity index (χ1n) is 3.35. The van der Waals surface area contributed by atoms with Crippen LogP contribution in [0.2, 0.25) is 10.0 Å². The van der Waals surface area contributed by atoms with Crippen LogP contribution in [0.3, 0.4) is 0 Å². The molecule has 0 atom stereocenters. The summed E-state index contributed by atoms with van der Waals surface area (Å²) in [6.45, 7) is 3.91. The van der Waals surface area contributed by atoms with E-state index < -0.39 is 0 Å². The van der Waals surface area contributed by atoms with E-state index in [1.807, 2.05) is 0 Å². The van der Waals surface area contributed by atoms with Gasteiger partial charge in [-0.25, -0.2) is 0 Å². The average Bonchev–Trinajstić information content (AvgIpc) is 2.08. The second kappa shape index (κ2) is 4.39. The van der Waals surface area contributed by atoms with Crippen LogP contribution >= 0.6 is 23.2 Å². The second-order valence-corrected chi connectivity index (χ2v) is 2.85. The molecule has 0 aliphatic heterocycles. The summed E-state index contributed by atoms with van der Waals surface area (Å²) in [4.78, 5) is 0. The lowest BCUT2D eigenvalue weighted by molar-refractivity contribution is 0.362. The lowest BCUT2D eigenvalue weighted by atomic mass is 10.3. The van der Waals surface area contributed by atoms with E-state index in [0.717, 1.165) is 0 Å². The molecule has 0 N–H and O–H groups in total. The first-order chi connectivity index (χ1) is 5.75. The summed E-state index contributed by atoms with van der Waals surface area (Å²) in [6, 6.07) is 6.14. The molecule has 63 valence electrons. The minimum absolute atomic E-state index is 0.390. The minimum Gasteiger partial charge on any atom is -0.487 e. The van der Waals surface area contributed by atoms with Crippen molar-refractivity contribution in [3.63, 3.8) is 0 Å². The molecule has 1 nitrogen and oxygen atoms in total. The molecule has 1 radical (unpaired) electrons. The van der Waals surface area contributed by atoms with Crippen LogP contribution in [0, 0.1) is 6.07 Å². The van der Waals surface area contributed by atoms with Crippen LogP contribution in [0.15, 0.2) is 24.8 Å². The van der Waals surface area contributed by atoms with Gasteiger partial charge in [0.1, 0.15) is 17.4 Å². The maximum absolute atomic E-state index is 5.81. The van der Waals surface area contributed by atoms with Crippen molar-refractivity contribution in [3.05, 3.63) is 40.9 Å². The van der Waals surface area contributed by atoms with Crippen molar-refractivity contribution in [1.29, 1.82) is 0 Å². The van der Waals surface area contributed by atoms with E-state index in [1.165, 1.54) is 0 Å². The lowest BCUT2D eigenvalue weighted by Gasteiger charge is -2.04. The molecule has 3 heteroatoms. The fourth-order valence-electron chi connectivity index (χ4n) is 0.683. The molecule has 0 heterocycles. The van der Waals surface area contributed by atoms with Crippen LogP contribution in [0.4, 0.5) is 0 Å². The molecule has 0 fully saturated rings. The standard InChI is InChI=1S/C9H7Cl2O/c1-2-6-12-8-5-3-4-7(10)9(8)11/h2-4H,1,6H2. The first-order valence-corrected chi connectivity index (χ1v) is 4.10. The largest absolute Gasteiger partial charge is 0.487 e. The molecule has 0 amide bonds. The van der Waals surface area contributed by atoms with Gasteiger partial charge in [0.2, 0.25) is 0 Å². The molecule has 0 saturated carbocycles. The first kappa shape index (κ1) is 9.43. The molecule has 0 saturated heterocycles. The zero-order valence-electron chi connectivity index (χ0n) is 6.31. The van der Waals surface area contributed by atoms with E-state index in [4.69, 9.17) is 27.9 Å². The fourth-order valence-corrected chi connectivity index (χ4v) is 1.00. The van der Waals surface area contributed by atoms with Crippen molar-refractivity contribution in [1.82, 2.24) is 0 Å². The third-order valence-electron chi connectivity index (χ3n) is 1.20. The molecule has 1 aromatic carbocycles. The second-order valence-electron chi connectivity index (χ2n) is 2.07. The summed E-state index contributed by atoms with van der Waals surface area (Å²) in [5.41, 5.74) is 0. The summed E-state index contributed by atoms with van der Waals surface area (Å²) >= 11 is 11.5. The van der Waals surface area contributed by atoms with Gasteiger partial charge in [-0.2, -0.15) is 0 Å². The summed E-state index contributed by atoms with van der Waals surface area (Å²) in [5, 5.41) is 0.857. The predicted octanol–water partition coefficient (Wildman–Crippen LogP) is 3.36. The average molecular weight is 202 g/mol. The van der Waals surface area contributed by atoms with Crippen molar-refractivity contribution >= 4 is 23.2 Å². The zero-order chi connectivity index (χ0) is 8.97. The molecule has 0 aliphatic carbocycles. The van der Waals surface area contributed by atoms with Gasteiger partial charge in [0.15, 0.2) is 0 Å². The molecule has 1 rings (SSSR count). The Morgan fingerprint density at radius 3 is 3.00 bits per heavy atom. The van der Waals surface area contributed by atoms with E-state index in [1.54, 1.807) is 18.2 Å². The highest BCUT2D eigenvalue weighted by atomic mass is 35.5.